The van der Waals surface area contributed by atoms with Crippen molar-refractivity contribution in [2.45, 2.75) is 32.6 Å². The van der Waals surface area contributed by atoms with Crippen molar-refractivity contribution < 1.29 is 9.32 Å². The number of carbonyl (C=O) groups is 1. The van der Waals surface area contributed by atoms with E-state index < -0.39 is 0 Å². The molecule has 0 saturated carbocycles. The molecule has 33 heavy (non-hydrogen) atoms. The summed E-state index contributed by atoms with van der Waals surface area (Å²) in [5.74, 6) is 1.38. The number of hydrogen-bond donors (Lipinski definition) is 0. The Morgan fingerprint density at radius 1 is 1.12 bits per heavy atom. The smallest absolute Gasteiger partial charge is 0.254 e. The predicted octanol–water partition coefficient (Wildman–Crippen LogP) is 4.83. The van der Waals surface area contributed by atoms with Crippen LogP contribution in [-0.4, -0.2) is 44.0 Å². The summed E-state index contributed by atoms with van der Waals surface area (Å²) in [6.45, 7) is 5.20. The van der Waals surface area contributed by atoms with Crippen LogP contribution in [-0.2, 0) is 0 Å². The normalized spacial score (nSPS) is 16.1. The molecule has 4 heterocycles. The average Bonchev–Trinajstić information content (AvgIpc) is 3.30. The van der Waals surface area contributed by atoms with Gasteiger partial charge in [-0.05, 0) is 50.5 Å². The summed E-state index contributed by atoms with van der Waals surface area (Å²) in [5.41, 5.74) is 5.09. The molecule has 0 aliphatic carbocycles. The number of likely N-dealkylation sites (tertiary alicyclic amines) is 1. The van der Waals surface area contributed by atoms with Crippen LogP contribution in [0.4, 0.5) is 0 Å². The van der Waals surface area contributed by atoms with Crippen molar-refractivity contribution in [3.8, 4) is 22.7 Å². The van der Waals surface area contributed by atoms with E-state index >= 15 is 0 Å². The molecule has 1 aliphatic rings. The molecule has 1 saturated heterocycles. The van der Waals surface area contributed by atoms with E-state index in [1.807, 2.05) is 61.2 Å². The number of hydrogen-bond acceptors (Lipinski definition) is 6. The highest BCUT2D eigenvalue weighted by molar-refractivity contribution is 5.95. The van der Waals surface area contributed by atoms with E-state index in [2.05, 4.69) is 15.1 Å². The fraction of sp³-hybridized carbons (Fsp3) is 0.269. The summed E-state index contributed by atoms with van der Waals surface area (Å²) in [5, 5.41) is 4.05. The van der Waals surface area contributed by atoms with Crippen LogP contribution in [0, 0.1) is 13.8 Å². The Bertz CT molecular complexity index is 1280. The van der Waals surface area contributed by atoms with E-state index in [1.165, 1.54) is 0 Å². The van der Waals surface area contributed by atoms with Gasteiger partial charge in [0, 0.05) is 54.8 Å². The van der Waals surface area contributed by atoms with E-state index in [1.54, 1.807) is 18.6 Å². The molecule has 1 fully saturated rings. The molecule has 166 valence electrons. The SMILES string of the molecule is Cc1cc(-c2cnc(-c3cccnc3)nc2C2CCCN(C(=O)c3ccccc3C)C2)on1. The lowest BCUT2D eigenvalue weighted by Gasteiger charge is -2.33. The minimum absolute atomic E-state index is 0.0607. The highest BCUT2D eigenvalue weighted by Crippen LogP contribution is 2.35. The fourth-order valence-corrected chi connectivity index (χ4v) is 4.39. The fourth-order valence-electron chi connectivity index (χ4n) is 4.39. The minimum Gasteiger partial charge on any atom is -0.356 e. The summed E-state index contributed by atoms with van der Waals surface area (Å²) >= 11 is 0. The maximum absolute atomic E-state index is 13.3. The van der Waals surface area contributed by atoms with Crippen molar-refractivity contribution in [1.82, 2.24) is 25.0 Å². The first-order valence-corrected chi connectivity index (χ1v) is 11.2. The largest absolute Gasteiger partial charge is 0.356 e. The van der Waals surface area contributed by atoms with Gasteiger partial charge in [0.05, 0.1) is 17.0 Å². The van der Waals surface area contributed by atoms with Gasteiger partial charge in [-0.3, -0.25) is 9.78 Å². The molecule has 1 aromatic carbocycles. The number of benzene rings is 1. The van der Waals surface area contributed by atoms with Gasteiger partial charge in [-0.1, -0.05) is 23.4 Å². The Balaban J connectivity index is 1.52. The number of aromatic nitrogens is 4. The maximum Gasteiger partial charge on any atom is 0.254 e. The van der Waals surface area contributed by atoms with Gasteiger partial charge in [0.25, 0.3) is 5.91 Å². The second-order valence-electron chi connectivity index (χ2n) is 8.47. The maximum atomic E-state index is 13.3. The number of carbonyl (C=O) groups excluding carboxylic acids is 1. The summed E-state index contributed by atoms with van der Waals surface area (Å²) in [6.07, 6.45) is 7.12. The zero-order valence-corrected chi connectivity index (χ0v) is 18.7. The Labute approximate surface area is 192 Å². The van der Waals surface area contributed by atoms with Gasteiger partial charge in [-0.2, -0.15) is 0 Å². The van der Waals surface area contributed by atoms with E-state index in [0.717, 1.165) is 53.0 Å². The van der Waals surface area contributed by atoms with Crippen molar-refractivity contribution in [3.05, 3.63) is 83.6 Å². The number of amides is 1. The van der Waals surface area contributed by atoms with Gasteiger partial charge in [0.2, 0.25) is 0 Å². The Morgan fingerprint density at radius 3 is 2.76 bits per heavy atom. The summed E-state index contributed by atoms with van der Waals surface area (Å²) in [6, 6.07) is 13.5. The van der Waals surface area contributed by atoms with Crippen LogP contribution in [0.15, 0.2) is 65.6 Å². The van der Waals surface area contributed by atoms with Crippen LogP contribution in [0.5, 0.6) is 0 Å². The third-order valence-corrected chi connectivity index (χ3v) is 6.10. The average molecular weight is 440 g/mol. The second kappa shape index (κ2) is 8.94. The van der Waals surface area contributed by atoms with E-state index in [-0.39, 0.29) is 11.8 Å². The van der Waals surface area contributed by atoms with Gasteiger partial charge in [0.1, 0.15) is 0 Å². The molecule has 7 nitrogen and oxygen atoms in total. The third kappa shape index (κ3) is 4.26. The third-order valence-electron chi connectivity index (χ3n) is 6.10. The lowest BCUT2D eigenvalue weighted by molar-refractivity contribution is 0.0705. The number of nitrogens with zero attached hydrogens (tertiary/aromatic N) is 5. The minimum atomic E-state index is 0.0607. The zero-order valence-electron chi connectivity index (χ0n) is 18.7. The number of rotatable bonds is 4. The lowest BCUT2D eigenvalue weighted by Crippen LogP contribution is -2.39. The van der Waals surface area contributed by atoms with Crippen LogP contribution in [0.1, 0.15) is 46.1 Å². The van der Waals surface area contributed by atoms with Gasteiger partial charge in [-0.15, -0.1) is 0 Å². The van der Waals surface area contributed by atoms with E-state index in [9.17, 15) is 4.79 Å². The Morgan fingerprint density at radius 2 is 2.00 bits per heavy atom. The highest BCUT2D eigenvalue weighted by atomic mass is 16.5. The van der Waals surface area contributed by atoms with Crippen molar-refractivity contribution in [2.24, 2.45) is 0 Å². The van der Waals surface area contributed by atoms with Crippen LogP contribution in [0.3, 0.4) is 0 Å². The van der Waals surface area contributed by atoms with Gasteiger partial charge >= 0.3 is 0 Å². The van der Waals surface area contributed by atoms with Gasteiger partial charge in [-0.25, -0.2) is 9.97 Å². The van der Waals surface area contributed by atoms with E-state index in [0.29, 0.717) is 18.1 Å². The van der Waals surface area contributed by atoms with Crippen LogP contribution >= 0.6 is 0 Å². The van der Waals surface area contributed by atoms with E-state index in [4.69, 9.17) is 9.51 Å². The number of pyridine rings is 1. The quantitative estimate of drug-likeness (QED) is 0.453. The standard InChI is InChI=1S/C26H25N5O2/c1-17-7-3-4-10-21(17)26(32)31-12-6-9-20(16-31)24-22(23-13-18(2)30-33-23)15-28-25(29-24)19-8-5-11-27-14-19/h3-5,7-8,10-11,13-15,20H,6,9,12,16H2,1-2H3. The molecular formula is C26H25N5O2. The first kappa shape index (κ1) is 21.0. The van der Waals surface area contributed by atoms with Crippen LogP contribution in [0.25, 0.3) is 22.7 Å². The molecule has 1 unspecified atom stereocenters. The summed E-state index contributed by atoms with van der Waals surface area (Å²) in [4.78, 5) is 29.0. The number of piperidine rings is 1. The molecule has 1 amide bonds. The van der Waals surface area contributed by atoms with Gasteiger partial charge < -0.3 is 9.42 Å². The molecular weight excluding hydrogens is 414 g/mol. The second-order valence-corrected chi connectivity index (χ2v) is 8.47. The zero-order chi connectivity index (χ0) is 22.8. The molecule has 0 radical (unpaired) electrons. The molecule has 1 aliphatic heterocycles. The van der Waals surface area contributed by atoms with Crippen molar-refractivity contribution in [3.63, 3.8) is 0 Å². The first-order valence-electron chi connectivity index (χ1n) is 11.2. The molecule has 0 spiro atoms. The summed E-state index contributed by atoms with van der Waals surface area (Å²) in [7, 11) is 0. The molecule has 0 N–H and O–H groups in total. The molecule has 3 aromatic heterocycles. The molecule has 7 heteroatoms. The predicted molar refractivity (Wildman–Crippen MR) is 125 cm³/mol. The highest BCUT2D eigenvalue weighted by Gasteiger charge is 2.30. The topological polar surface area (TPSA) is 85.0 Å². The van der Waals surface area contributed by atoms with Crippen molar-refractivity contribution in [1.29, 1.82) is 0 Å². The molecule has 5 rings (SSSR count). The molecule has 4 aromatic rings. The van der Waals surface area contributed by atoms with Crippen LogP contribution < -0.4 is 0 Å². The van der Waals surface area contributed by atoms with Crippen LogP contribution in [0.2, 0.25) is 0 Å². The Kier molecular flexibility index (Phi) is 5.69. The molecule has 1 atom stereocenters. The Hall–Kier alpha value is -3.87. The number of aryl methyl sites for hydroxylation is 2. The first-order chi connectivity index (χ1) is 16.1. The van der Waals surface area contributed by atoms with Crippen molar-refractivity contribution in [2.75, 3.05) is 13.1 Å². The lowest BCUT2D eigenvalue weighted by atomic mass is 9.90. The van der Waals surface area contributed by atoms with Gasteiger partial charge in [0.15, 0.2) is 11.6 Å². The summed E-state index contributed by atoms with van der Waals surface area (Å²) < 4.78 is 5.56. The van der Waals surface area contributed by atoms with Crippen molar-refractivity contribution >= 4 is 5.91 Å². The molecule has 0 bridgehead atoms. The monoisotopic (exact) mass is 439 g/mol.